The van der Waals surface area contributed by atoms with E-state index in [4.69, 9.17) is 13.9 Å². The molecule has 0 radical (unpaired) electrons. The molecule has 0 saturated heterocycles. The summed E-state index contributed by atoms with van der Waals surface area (Å²) < 4.78 is 29.9. The molecule has 130 valence electrons. The Labute approximate surface area is 145 Å². The highest BCUT2D eigenvalue weighted by Gasteiger charge is 2.16. The average Bonchev–Trinajstić information content (AvgIpc) is 2.96. The lowest BCUT2D eigenvalue weighted by atomic mass is 10.1. The minimum Gasteiger partial charge on any atom is -0.462 e. The number of alkyl halides is 1. The standard InChI is InChI=1S/C20H19FO4/c1-4-23-20(22)15-10-18-17(9-12(2)24-18)19(11-15)25-16-7-5-14(6-8-16)13(3)21/h5-11,13H,4H2,1-3H3. The molecule has 1 aromatic heterocycles. The van der Waals surface area contributed by atoms with Crippen molar-refractivity contribution in [2.24, 2.45) is 0 Å². The summed E-state index contributed by atoms with van der Waals surface area (Å²) in [6.45, 7) is 5.34. The second-order valence-electron chi connectivity index (χ2n) is 5.75. The fourth-order valence-corrected chi connectivity index (χ4v) is 2.58. The van der Waals surface area contributed by atoms with Crippen molar-refractivity contribution in [3.63, 3.8) is 0 Å². The quantitative estimate of drug-likeness (QED) is 0.555. The second kappa shape index (κ2) is 6.97. The summed E-state index contributed by atoms with van der Waals surface area (Å²) >= 11 is 0. The molecule has 0 amide bonds. The summed E-state index contributed by atoms with van der Waals surface area (Å²) in [5.41, 5.74) is 1.48. The van der Waals surface area contributed by atoms with E-state index in [1.54, 1.807) is 43.3 Å². The Balaban J connectivity index is 1.99. The predicted molar refractivity (Wildman–Crippen MR) is 92.9 cm³/mol. The van der Waals surface area contributed by atoms with E-state index in [0.29, 0.717) is 34.0 Å². The van der Waals surface area contributed by atoms with Gasteiger partial charge in [-0.25, -0.2) is 9.18 Å². The number of furan rings is 1. The Morgan fingerprint density at radius 1 is 1.20 bits per heavy atom. The maximum atomic E-state index is 13.3. The highest BCUT2D eigenvalue weighted by atomic mass is 19.1. The van der Waals surface area contributed by atoms with E-state index in [0.717, 1.165) is 5.39 Å². The number of ether oxygens (including phenoxy) is 2. The van der Waals surface area contributed by atoms with Crippen LogP contribution in [-0.4, -0.2) is 12.6 Å². The lowest BCUT2D eigenvalue weighted by Crippen LogP contribution is -2.04. The van der Waals surface area contributed by atoms with Gasteiger partial charge in [0.05, 0.1) is 17.6 Å². The first-order valence-corrected chi connectivity index (χ1v) is 8.11. The van der Waals surface area contributed by atoms with E-state index < -0.39 is 12.1 Å². The second-order valence-corrected chi connectivity index (χ2v) is 5.75. The third-order valence-electron chi connectivity index (χ3n) is 3.80. The van der Waals surface area contributed by atoms with Crippen molar-refractivity contribution < 1.29 is 23.1 Å². The first-order valence-electron chi connectivity index (χ1n) is 8.11. The molecule has 0 fully saturated rings. The summed E-state index contributed by atoms with van der Waals surface area (Å²) in [7, 11) is 0. The van der Waals surface area contributed by atoms with Gasteiger partial charge in [0.15, 0.2) is 0 Å². The lowest BCUT2D eigenvalue weighted by Gasteiger charge is -2.10. The number of halogens is 1. The number of hydrogen-bond donors (Lipinski definition) is 0. The molecule has 4 nitrogen and oxygen atoms in total. The van der Waals surface area contributed by atoms with Crippen LogP contribution >= 0.6 is 0 Å². The summed E-state index contributed by atoms with van der Waals surface area (Å²) in [6, 6.07) is 11.8. The molecule has 3 aromatic rings. The van der Waals surface area contributed by atoms with Crippen molar-refractivity contribution in [3.05, 3.63) is 59.4 Å². The molecule has 0 spiro atoms. The SMILES string of the molecule is CCOC(=O)c1cc(Oc2ccc(C(C)F)cc2)c2cc(C)oc2c1. The van der Waals surface area contributed by atoms with E-state index in [1.165, 1.54) is 6.92 Å². The van der Waals surface area contributed by atoms with Crippen LogP contribution in [0, 0.1) is 6.92 Å². The molecule has 25 heavy (non-hydrogen) atoms. The van der Waals surface area contributed by atoms with Crippen LogP contribution in [0.1, 0.15) is 41.7 Å². The van der Waals surface area contributed by atoms with Crippen LogP contribution in [0.25, 0.3) is 11.0 Å². The molecule has 1 heterocycles. The molecule has 5 heteroatoms. The monoisotopic (exact) mass is 342 g/mol. The molecule has 1 unspecified atom stereocenters. The summed E-state index contributed by atoms with van der Waals surface area (Å²) in [5.74, 6) is 1.30. The van der Waals surface area contributed by atoms with Gasteiger partial charge in [0, 0.05) is 0 Å². The molecule has 0 aliphatic rings. The Hall–Kier alpha value is -2.82. The number of esters is 1. The largest absolute Gasteiger partial charge is 0.462 e. The Kier molecular flexibility index (Phi) is 4.74. The van der Waals surface area contributed by atoms with Gasteiger partial charge in [0.2, 0.25) is 0 Å². The van der Waals surface area contributed by atoms with Gasteiger partial charge in [0.25, 0.3) is 0 Å². The summed E-state index contributed by atoms with van der Waals surface area (Å²) in [4.78, 5) is 12.1. The lowest BCUT2D eigenvalue weighted by molar-refractivity contribution is 0.0526. The molecule has 1 atom stereocenters. The van der Waals surface area contributed by atoms with Crippen molar-refractivity contribution in [2.75, 3.05) is 6.61 Å². The molecule has 0 saturated carbocycles. The number of aryl methyl sites for hydroxylation is 1. The van der Waals surface area contributed by atoms with Gasteiger partial charge in [-0.3, -0.25) is 0 Å². The maximum absolute atomic E-state index is 13.3. The predicted octanol–water partition coefficient (Wildman–Crippen LogP) is 5.74. The molecule has 0 aliphatic heterocycles. The topological polar surface area (TPSA) is 48.7 Å². The first-order chi connectivity index (χ1) is 12.0. The smallest absolute Gasteiger partial charge is 0.338 e. The maximum Gasteiger partial charge on any atom is 0.338 e. The van der Waals surface area contributed by atoms with Crippen LogP contribution in [0.4, 0.5) is 4.39 Å². The van der Waals surface area contributed by atoms with Gasteiger partial charge in [-0.2, -0.15) is 0 Å². The van der Waals surface area contributed by atoms with E-state index in [1.807, 2.05) is 13.0 Å². The Morgan fingerprint density at radius 3 is 2.56 bits per heavy atom. The van der Waals surface area contributed by atoms with Crippen molar-refractivity contribution in [3.8, 4) is 11.5 Å². The zero-order chi connectivity index (χ0) is 18.0. The van der Waals surface area contributed by atoms with Crippen LogP contribution in [0.15, 0.2) is 46.9 Å². The van der Waals surface area contributed by atoms with Crippen LogP contribution in [0.3, 0.4) is 0 Å². The Morgan fingerprint density at radius 2 is 1.92 bits per heavy atom. The van der Waals surface area contributed by atoms with Crippen molar-refractivity contribution in [1.29, 1.82) is 0 Å². The van der Waals surface area contributed by atoms with Gasteiger partial charge in [-0.15, -0.1) is 0 Å². The van der Waals surface area contributed by atoms with Crippen molar-refractivity contribution in [1.82, 2.24) is 0 Å². The minimum atomic E-state index is -1.04. The van der Waals surface area contributed by atoms with Gasteiger partial charge in [-0.05, 0) is 56.7 Å². The summed E-state index contributed by atoms with van der Waals surface area (Å²) in [5, 5.41) is 0.758. The van der Waals surface area contributed by atoms with Crippen LogP contribution in [-0.2, 0) is 4.74 Å². The fourth-order valence-electron chi connectivity index (χ4n) is 2.58. The highest BCUT2D eigenvalue weighted by molar-refractivity contribution is 5.96. The third kappa shape index (κ3) is 3.65. The van der Waals surface area contributed by atoms with Gasteiger partial charge < -0.3 is 13.9 Å². The van der Waals surface area contributed by atoms with Gasteiger partial charge in [-0.1, -0.05) is 12.1 Å². The number of fused-ring (bicyclic) bond motifs is 1. The summed E-state index contributed by atoms with van der Waals surface area (Å²) in [6.07, 6.45) is -1.04. The zero-order valence-corrected chi connectivity index (χ0v) is 14.3. The number of carbonyl (C=O) groups is 1. The van der Waals surface area contributed by atoms with Gasteiger partial charge >= 0.3 is 5.97 Å². The minimum absolute atomic E-state index is 0.285. The van der Waals surface area contributed by atoms with E-state index in [2.05, 4.69) is 0 Å². The molecule has 2 aromatic carbocycles. The molecular formula is C20H19FO4. The molecule has 0 N–H and O–H groups in total. The number of benzene rings is 2. The van der Waals surface area contributed by atoms with Crippen molar-refractivity contribution >= 4 is 16.9 Å². The van der Waals surface area contributed by atoms with Crippen LogP contribution in [0.5, 0.6) is 11.5 Å². The van der Waals surface area contributed by atoms with E-state index >= 15 is 0 Å². The number of rotatable bonds is 5. The van der Waals surface area contributed by atoms with E-state index in [-0.39, 0.29) is 6.61 Å². The Bertz CT molecular complexity index is 894. The van der Waals surface area contributed by atoms with Crippen LogP contribution < -0.4 is 4.74 Å². The van der Waals surface area contributed by atoms with Crippen molar-refractivity contribution in [2.45, 2.75) is 26.9 Å². The zero-order valence-electron chi connectivity index (χ0n) is 14.3. The first kappa shape index (κ1) is 17.0. The average molecular weight is 342 g/mol. The molecule has 0 bridgehead atoms. The van der Waals surface area contributed by atoms with Crippen LogP contribution in [0.2, 0.25) is 0 Å². The fraction of sp³-hybridized carbons (Fsp3) is 0.250. The third-order valence-corrected chi connectivity index (χ3v) is 3.80. The molecule has 3 rings (SSSR count). The van der Waals surface area contributed by atoms with Gasteiger partial charge in [0.1, 0.15) is 29.0 Å². The number of carbonyl (C=O) groups excluding carboxylic acids is 1. The highest BCUT2D eigenvalue weighted by Crippen LogP contribution is 2.34. The number of hydrogen-bond acceptors (Lipinski definition) is 4. The molecule has 0 aliphatic carbocycles. The van der Waals surface area contributed by atoms with E-state index in [9.17, 15) is 9.18 Å². The molecular weight excluding hydrogens is 323 g/mol. The normalized spacial score (nSPS) is 12.2.